The number of carbonyl (C=O) groups is 2. The van der Waals surface area contributed by atoms with Crippen LogP contribution in [0.25, 0.3) is 0 Å². The molecule has 0 fully saturated rings. The number of ketones is 2. The van der Waals surface area contributed by atoms with Gasteiger partial charge >= 0.3 is 0 Å². The fourth-order valence-corrected chi connectivity index (χ4v) is 1.57. The SMILES string of the molecule is CC(=O)[c-]1cccc1.CC(C)(C)C=CC(=O)[c-]1[cH-][cH-][cH-][cH-]1.[Fe]. The van der Waals surface area contributed by atoms with Crippen molar-refractivity contribution in [3.8, 4) is 0 Å². The Morgan fingerprint density at radius 3 is 1.91 bits per heavy atom. The van der Waals surface area contributed by atoms with Gasteiger partial charge in [0.05, 0.1) is 0 Å². The quantitative estimate of drug-likeness (QED) is 0.349. The van der Waals surface area contributed by atoms with Crippen molar-refractivity contribution in [1.29, 1.82) is 0 Å². The summed E-state index contributed by atoms with van der Waals surface area (Å²) < 4.78 is 0. The van der Waals surface area contributed by atoms with E-state index in [0.717, 1.165) is 11.1 Å². The van der Waals surface area contributed by atoms with Gasteiger partial charge in [-0.05, 0) is 12.3 Å². The number of rotatable bonds is 3. The summed E-state index contributed by atoms with van der Waals surface area (Å²) in [6, 6.07) is 14.7. The van der Waals surface area contributed by atoms with Crippen LogP contribution >= 0.6 is 0 Å². The average molecular weight is 338 g/mol. The Hall–Kier alpha value is -1.70. The normalized spacial score (nSPS) is 10.5. The maximum Gasteiger partial charge on any atom is 0.105 e. The summed E-state index contributed by atoms with van der Waals surface area (Å²) in [6.07, 6.45) is 3.58. The van der Waals surface area contributed by atoms with Crippen LogP contribution in [0.1, 0.15) is 48.4 Å². The molecule has 0 unspecified atom stereocenters. The summed E-state index contributed by atoms with van der Waals surface area (Å²) in [6.45, 7) is 7.78. The first-order chi connectivity index (χ1) is 9.79. The zero-order valence-corrected chi connectivity index (χ0v) is 14.5. The third kappa shape index (κ3) is 7.92. The van der Waals surface area contributed by atoms with Crippen molar-refractivity contribution in [3.05, 3.63) is 71.8 Å². The van der Waals surface area contributed by atoms with E-state index in [1.54, 1.807) is 13.0 Å². The van der Waals surface area contributed by atoms with E-state index >= 15 is 0 Å². The van der Waals surface area contributed by atoms with Crippen LogP contribution in [0.5, 0.6) is 0 Å². The predicted molar refractivity (Wildman–Crippen MR) is 87.0 cm³/mol. The van der Waals surface area contributed by atoms with Crippen molar-refractivity contribution < 1.29 is 26.7 Å². The van der Waals surface area contributed by atoms with Gasteiger partial charge in [-0.3, -0.25) is 0 Å². The van der Waals surface area contributed by atoms with Crippen LogP contribution in [0.2, 0.25) is 0 Å². The van der Waals surface area contributed by atoms with Crippen LogP contribution < -0.4 is 0 Å². The smallest absolute Gasteiger partial charge is 0.105 e. The Morgan fingerprint density at radius 1 is 1.05 bits per heavy atom. The number of hydrogen-bond donors (Lipinski definition) is 0. The second-order valence-electron chi connectivity index (χ2n) is 5.97. The van der Waals surface area contributed by atoms with Crippen LogP contribution in [0.4, 0.5) is 0 Å². The third-order valence-electron chi connectivity index (χ3n) is 2.75. The van der Waals surface area contributed by atoms with Crippen LogP contribution in [0, 0.1) is 5.41 Å². The molecule has 124 valence electrons. The predicted octanol–water partition coefficient (Wildman–Crippen LogP) is 4.80. The van der Waals surface area contributed by atoms with Crippen LogP contribution in [0.15, 0.2) is 60.7 Å². The molecule has 0 spiro atoms. The van der Waals surface area contributed by atoms with E-state index in [-0.39, 0.29) is 34.1 Å². The molecule has 0 saturated heterocycles. The molecular formula is C19H22FeO2-6. The molecule has 0 heterocycles. The number of hydrogen-bond acceptors (Lipinski definition) is 2. The van der Waals surface area contributed by atoms with Crippen molar-refractivity contribution in [3.63, 3.8) is 0 Å². The molecule has 2 rings (SSSR count). The standard InChI is InChI=1S/C12H15O.C7H7O.Fe/c1-12(2,3)9-8-11(13)10-6-4-5-7-10;1-6(8)7-4-2-3-5-7;/h4-9H,1-3H3;2-5H,1H3;/q-5;-1;. The van der Waals surface area contributed by atoms with E-state index in [0.29, 0.717) is 0 Å². The van der Waals surface area contributed by atoms with Gasteiger partial charge in [0.15, 0.2) is 0 Å². The van der Waals surface area contributed by atoms with E-state index in [4.69, 9.17) is 0 Å². The van der Waals surface area contributed by atoms with Crippen LogP contribution in [-0.2, 0) is 17.1 Å². The Kier molecular flexibility index (Phi) is 8.62. The molecular weight excluding hydrogens is 316 g/mol. The molecule has 2 aromatic rings. The minimum Gasteiger partial charge on any atom is -0.645 e. The molecule has 0 amide bonds. The second-order valence-corrected chi connectivity index (χ2v) is 5.97. The van der Waals surface area contributed by atoms with Crippen molar-refractivity contribution in [2.24, 2.45) is 5.41 Å². The average Bonchev–Trinajstić information content (AvgIpc) is 3.08. The number of Topliss-reactive ketones (excluding diaryl/α,β-unsaturated/α-hetero) is 1. The van der Waals surface area contributed by atoms with E-state index in [2.05, 4.69) is 20.8 Å². The Balaban J connectivity index is 0.000000423. The molecule has 0 radical (unpaired) electrons. The number of carbonyl (C=O) groups excluding carboxylic acids is 2. The van der Waals surface area contributed by atoms with E-state index in [1.807, 2.05) is 54.6 Å². The first-order valence-corrected chi connectivity index (χ1v) is 6.97. The molecule has 0 bridgehead atoms. The summed E-state index contributed by atoms with van der Waals surface area (Å²) in [7, 11) is 0. The van der Waals surface area contributed by atoms with Gasteiger partial charge in [0.1, 0.15) is 5.78 Å². The van der Waals surface area contributed by atoms with Crippen molar-refractivity contribution in [2.45, 2.75) is 27.7 Å². The molecule has 0 N–H and O–H groups in total. The summed E-state index contributed by atoms with van der Waals surface area (Å²) >= 11 is 0. The molecule has 3 heteroatoms. The molecule has 22 heavy (non-hydrogen) atoms. The fourth-order valence-electron chi connectivity index (χ4n) is 1.57. The zero-order chi connectivity index (χ0) is 15.9. The van der Waals surface area contributed by atoms with E-state index < -0.39 is 0 Å². The molecule has 0 aliphatic heterocycles. The van der Waals surface area contributed by atoms with Crippen LogP contribution in [0.3, 0.4) is 0 Å². The summed E-state index contributed by atoms with van der Waals surface area (Å²) in [5, 5.41) is 0. The minimum atomic E-state index is 0. The van der Waals surface area contributed by atoms with E-state index in [9.17, 15) is 9.59 Å². The van der Waals surface area contributed by atoms with Gasteiger partial charge in [-0.1, -0.05) is 26.3 Å². The Labute approximate surface area is 143 Å². The van der Waals surface area contributed by atoms with Gasteiger partial charge < -0.3 is 51.3 Å². The van der Waals surface area contributed by atoms with Crippen LogP contribution in [-0.4, -0.2) is 11.6 Å². The fraction of sp³-hybridized carbons (Fsp3) is 0.263. The third-order valence-corrected chi connectivity index (χ3v) is 2.75. The number of allylic oxidation sites excluding steroid dienone is 2. The maximum absolute atomic E-state index is 11.5. The topological polar surface area (TPSA) is 34.1 Å². The zero-order valence-electron chi connectivity index (χ0n) is 13.4. The van der Waals surface area contributed by atoms with Gasteiger partial charge in [-0.2, -0.15) is 12.1 Å². The molecule has 0 aliphatic rings. The molecule has 0 aromatic heterocycles. The monoisotopic (exact) mass is 338 g/mol. The van der Waals surface area contributed by atoms with Crippen molar-refractivity contribution in [2.75, 3.05) is 0 Å². The Morgan fingerprint density at radius 2 is 1.55 bits per heavy atom. The van der Waals surface area contributed by atoms with Gasteiger partial charge in [-0.25, -0.2) is 18.2 Å². The molecule has 0 aliphatic carbocycles. The summed E-state index contributed by atoms with van der Waals surface area (Å²) in [5.74, 6) is 0.218. The first-order valence-electron chi connectivity index (χ1n) is 6.97. The second kappa shape index (κ2) is 9.34. The van der Waals surface area contributed by atoms with Gasteiger partial charge in [0.25, 0.3) is 0 Å². The largest absolute Gasteiger partial charge is 0.645 e. The molecule has 2 nitrogen and oxygen atoms in total. The van der Waals surface area contributed by atoms with Crippen molar-refractivity contribution >= 4 is 11.6 Å². The Bertz CT molecular complexity index is 582. The first kappa shape index (κ1) is 20.3. The molecule has 0 saturated carbocycles. The minimum absolute atomic E-state index is 0. The molecule has 2 aromatic carbocycles. The van der Waals surface area contributed by atoms with Crippen molar-refractivity contribution in [1.82, 2.24) is 0 Å². The van der Waals surface area contributed by atoms with Gasteiger partial charge in [0, 0.05) is 17.1 Å². The van der Waals surface area contributed by atoms with Gasteiger partial charge in [0.2, 0.25) is 0 Å². The van der Waals surface area contributed by atoms with E-state index in [1.165, 1.54) is 0 Å². The molecule has 0 atom stereocenters. The maximum atomic E-state index is 11.5. The van der Waals surface area contributed by atoms with Gasteiger partial charge in [-0.15, -0.1) is 0 Å². The summed E-state index contributed by atoms with van der Waals surface area (Å²) in [4.78, 5) is 22.0. The summed E-state index contributed by atoms with van der Waals surface area (Å²) in [5.41, 5.74) is 1.63.